The number of rotatable bonds is 5. The zero-order chi connectivity index (χ0) is 14.5. The fraction of sp³-hybridized carbons (Fsp3) is 0.462. The van der Waals surface area contributed by atoms with E-state index in [2.05, 4.69) is 15.0 Å². The lowest BCUT2D eigenvalue weighted by molar-refractivity contribution is -0.149. The summed E-state index contributed by atoms with van der Waals surface area (Å²) in [6, 6.07) is 3.25. The standard InChI is InChI=1S/C13H16N2O5/c1-19-13(18)9-3-2-6-14-11(9)15-7-8-4-5-10(20-8)12(16)17/h2-3,6,8,10H,4-5,7H2,1H3,(H,14,15)(H,16,17). The zero-order valence-corrected chi connectivity index (χ0v) is 11.0. The molecule has 1 saturated heterocycles. The van der Waals surface area contributed by atoms with E-state index in [0.29, 0.717) is 30.8 Å². The molecule has 7 nitrogen and oxygen atoms in total. The van der Waals surface area contributed by atoms with Crippen LogP contribution in [0.4, 0.5) is 5.82 Å². The lowest BCUT2D eigenvalue weighted by Crippen LogP contribution is -2.25. The molecule has 1 aromatic rings. The van der Waals surface area contributed by atoms with Crippen LogP contribution in [0, 0.1) is 0 Å². The molecular weight excluding hydrogens is 264 g/mol. The number of hydrogen-bond donors (Lipinski definition) is 2. The largest absolute Gasteiger partial charge is 0.479 e. The van der Waals surface area contributed by atoms with E-state index in [9.17, 15) is 9.59 Å². The number of nitrogens with zero attached hydrogens (tertiary/aromatic N) is 1. The van der Waals surface area contributed by atoms with Crippen molar-refractivity contribution in [1.29, 1.82) is 0 Å². The molecule has 108 valence electrons. The maximum absolute atomic E-state index is 11.6. The Morgan fingerprint density at radius 3 is 3.00 bits per heavy atom. The molecule has 1 aromatic heterocycles. The number of methoxy groups -OCH3 is 1. The molecular formula is C13H16N2O5. The Labute approximate surface area is 115 Å². The van der Waals surface area contributed by atoms with Crippen LogP contribution in [0.15, 0.2) is 18.3 Å². The number of ether oxygens (including phenoxy) is 2. The second kappa shape index (κ2) is 6.33. The van der Waals surface area contributed by atoms with Crippen LogP contribution in [-0.2, 0) is 14.3 Å². The number of pyridine rings is 1. The van der Waals surface area contributed by atoms with Gasteiger partial charge in [0.1, 0.15) is 11.4 Å². The topological polar surface area (TPSA) is 97.8 Å². The molecule has 2 atom stereocenters. The summed E-state index contributed by atoms with van der Waals surface area (Å²) >= 11 is 0. The molecule has 0 aromatic carbocycles. The minimum absolute atomic E-state index is 0.205. The van der Waals surface area contributed by atoms with Crippen molar-refractivity contribution < 1.29 is 24.2 Å². The summed E-state index contributed by atoms with van der Waals surface area (Å²) in [5.74, 6) is -1.02. The third-order valence-corrected chi connectivity index (χ3v) is 3.09. The average Bonchev–Trinajstić information content (AvgIpc) is 2.93. The zero-order valence-electron chi connectivity index (χ0n) is 11.0. The van der Waals surface area contributed by atoms with Gasteiger partial charge in [-0.3, -0.25) is 0 Å². The summed E-state index contributed by atoms with van der Waals surface area (Å²) in [6.45, 7) is 0.394. The summed E-state index contributed by atoms with van der Waals surface area (Å²) in [5.41, 5.74) is 0.336. The Bertz CT molecular complexity index is 505. The van der Waals surface area contributed by atoms with Gasteiger partial charge in [-0.05, 0) is 25.0 Å². The van der Waals surface area contributed by atoms with Crippen LogP contribution in [0.3, 0.4) is 0 Å². The van der Waals surface area contributed by atoms with E-state index in [-0.39, 0.29) is 6.10 Å². The lowest BCUT2D eigenvalue weighted by Gasteiger charge is -2.14. The number of carbonyl (C=O) groups excluding carboxylic acids is 1. The van der Waals surface area contributed by atoms with Gasteiger partial charge in [0.25, 0.3) is 0 Å². The Kier molecular flexibility index (Phi) is 4.52. The van der Waals surface area contributed by atoms with Crippen molar-refractivity contribution in [1.82, 2.24) is 4.98 Å². The average molecular weight is 280 g/mol. The van der Waals surface area contributed by atoms with Gasteiger partial charge in [-0.2, -0.15) is 0 Å². The molecule has 2 unspecified atom stereocenters. The first-order chi connectivity index (χ1) is 9.61. The van der Waals surface area contributed by atoms with E-state index in [4.69, 9.17) is 9.84 Å². The molecule has 0 bridgehead atoms. The summed E-state index contributed by atoms with van der Waals surface area (Å²) in [5, 5.41) is 11.8. The number of aromatic nitrogens is 1. The third kappa shape index (κ3) is 3.24. The first-order valence-electron chi connectivity index (χ1n) is 6.27. The van der Waals surface area contributed by atoms with Gasteiger partial charge in [0.15, 0.2) is 6.10 Å². The quantitative estimate of drug-likeness (QED) is 0.773. The Morgan fingerprint density at radius 1 is 1.55 bits per heavy atom. The number of aliphatic carboxylic acids is 1. The highest BCUT2D eigenvalue weighted by Gasteiger charge is 2.30. The first kappa shape index (κ1) is 14.3. The smallest absolute Gasteiger partial charge is 0.341 e. The first-order valence-corrected chi connectivity index (χ1v) is 6.27. The highest BCUT2D eigenvalue weighted by Crippen LogP contribution is 2.21. The van der Waals surface area contributed by atoms with Crippen molar-refractivity contribution in [3.63, 3.8) is 0 Å². The fourth-order valence-electron chi connectivity index (χ4n) is 2.07. The summed E-state index contributed by atoms with van der Waals surface area (Å²) < 4.78 is 10.0. The number of carbonyl (C=O) groups is 2. The lowest BCUT2D eigenvalue weighted by atomic mass is 10.2. The van der Waals surface area contributed by atoms with Crippen molar-refractivity contribution >= 4 is 17.8 Å². The summed E-state index contributed by atoms with van der Waals surface area (Å²) in [4.78, 5) is 26.4. The maximum Gasteiger partial charge on any atom is 0.341 e. The van der Waals surface area contributed by atoms with E-state index in [1.54, 1.807) is 18.3 Å². The predicted molar refractivity (Wildman–Crippen MR) is 69.6 cm³/mol. The van der Waals surface area contributed by atoms with Gasteiger partial charge >= 0.3 is 11.9 Å². The van der Waals surface area contributed by atoms with E-state index in [1.165, 1.54) is 7.11 Å². The molecule has 2 N–H and O–H groups in total. The van der Waals surface area contributed by atoms with Crippen LogP contribution in [0.25, 0.3) is 0 Å². The molecule has 1 aliphatic heterocycles. The van der Waals surface area contributed by atoms with E-state index < -0.39 is 18.0 Å². The van der Waals surface area contributed by atoms with Gasteiger partial charge < -0.3 is 19.9 Å². The van der Waals surface area contributed by atoms with Crippen molar-refractivity contribution in [2.24, 2.45) is 0 Å². The molecule has 7 heteroatoms. The molecule has 2 rings (SSSR count). The number of hydrogen-bond acceptors (Lipinski definition) is 6. The highest BCUT2D eigenvalue weighted by molar-refractivity contribution is 5.94. The summed E-state index contributed by atoms with van der Waals surface area (Å²) in [7, 11) is 1.30. The molecule has 20 heavy (non-hydrogen) atoms. The fourth-order valence-corrected chi connectivity index (χ4v) is 2.07. The number of nitrogens with one attached hydrogen (secondary N) is 1. The van der Waals surface area contributed by atoms with E-state index in [0.717, 1.165) is 0 Å². The molecule has 1 fully saturated rings. The Balaban J connectivity index is 1.95. The van der Waals surface area contributed by atoms with Crippen LogP contribution < -0.4 is 5.32 Å². The van der Waals surface area contributed by atoms with Crippen molar-refractivity contribution in [3.05, 3.63) is 23.9 Å². The second-order valence-electron chi connectivity index (χ2n) is 4.43. The molecule has 0 saturated carbocycles. The second-order valence-corrected chi connectivity index (χ2v) is 4.43. The normalized spacial score (nSPS) is 21.4. The number of carboxylic acids is 1. The Morgan fingerprint density at radius 2 is 2.35 bits per heavy atom. The van der Waals surface area contributed by atoms with E-state index in [1.807, 2.05) is 0 Å². The van der Waals surface area contributed by atoms with Crippen molar-refractivity contribution in [2.75, 3.05) is 19.0 Å². The Hall–Kier alpha value is -2.15. The van der Waals surface area contributed by atoms with Crippen LogP contribution in [0.2, 0.25) is 0 Å². The molecule has 0 spiro atoms. The molecule has 2 heterocycles. The summed E-state index contributed by atoms with van der Waals surface area (Å²) in [6.07, 6.45) is 1.76. The molecule has 1 aliphatic rings. The van der Waals surface area contributed by atoms with Gasteiger partial charge in [0.2, 0.25) is 0 Å². The van der Waals surface area contributed by atoms with Crippen LogP contribution in [0.5, 0.6) is 0 Å². The SMILES string of the molecule is COC(=O)c1cccnc1NCC1CCC(C(=O)O)O1. The van der Waals surface area contributed by atoms with Crippen LogP contribution in [0.1, 0.15) is 23.2 Å². The minimum Gasteiger partial charge on any atom is -0.479 e. The van der Waals surface area contributed by atoms with Gasteiger partial charge in [0.05, 0.1) is 13.2 Å². The predicted octanol–water partition coefficient (Wildman–Crippen LogP) is 0.912. The number of esters is 1. The van der Waals surface area contributed by atoms with Gasteiger partial charge in [-0.1, -0.05) is 0 Å². The maximum atomic E-state index is 11.6. The monoisotopic (exact) mass is 280 g/mol. The van der Waals surface area contributed by atoms with Gasteiger partial charge in [-0.15, -0.1) is 0 Å². The van der Waals surface area contributed by atoms with Crippen molar-refractivity contribution in [2.45, 2.75) is 25.0 Å². The number of anilines is 1. The molecule has 0 aliphatic carbocycles. The van der Waals surface area contributed by atoms with E-state index >= 15 is 0 Å². The highest BCUT2D eigenvalue weighted by atomic mass is 16.5. The number of carboxylic acid groups (broad SMARTS) is 1. The van der Waals surface area contributed by atoms with Crippen molar-refractivity contribution in [3.8, 4) is 0 Å². The third-order valence-electron chi connectivity index (χ3n) is 3.09. The van der Waals surface area contributed by atoms with Gasteiger partial charge in [0, 0.05) is 12.7 Å². The minimum atomic E-state index is -0.944. The molecule has 0 radical (unpaired) electrons. The van der Waals surface area contributed by atoms with Crippen LogP contribution >= 0.6 is 0 Å². The van der Waals surface area contributed by atoms with Crippen LogP contribution in [-0.4, -0.2) is 47.9 Å². The van der Waals surface area contributed by atoms with Gasteiger partial charge in [-0.25, -0.2) is 14.6 Å². The molecule has 0 amide bonds.